The third kappa shape index (κ3) is 4.39. The van der Waals surface area contributed by atoms with E-state index in [9.17, 15) is 0 Å². The number of aliphatic hydroxyl groups is 1. The molecule has 7 N–H and O–H groups in total. The summed E-state index contributed by atoms with van der Waals surface area (Å²) in [7, 11) is 0. The summed E-state index contributed by atoms with van der Waals surface area (Å²) >= 11 is 0. The van der Waals surface area contributed by atoms with Crippen LogP contribution in [-0.2, 0) is 0 Å². The standard InChI is InChI=1S/C10H15N5O2/c11-9(12)15-10(13)14-7-3-1-2-4-8(7)17-6-5-16/h1-4,16H,5-6H2,(H6,11,12,13,14,15). The topological polar surface area (TPSA) is 132 Å². The van der Waals surface area contributed by atoms with E-state index in [2.05, 4.69) is 9.98 Å². The van der Waals surface area contributed by atoms with Crippen molar-refractivity contribution in [3.05, 3.63) is 24.3 Å². The van der Waals surface area contributed by atoms with Crippen molar-refractivity contribution in [2.45, 2.75) is 0 Å². The molecule has 0 aliphatic rings. The van der Waals surface area contributed by atoms with E-state index in [4.69, 9.17) is 27.0 Å². The molecule has 0 unspecified atom stereocenters. The second-order valence-electron chi connectivity index (χ2n) is 3.05. The Morgan fingerprint density at radius 2 is 1.94 bits per heavy atom. The molecule has 0 bridgehead atoms. The predicted molar refractivity (Wildman–Crippen MR) is 66.1 cm³/mol. The molecule has 0 aliphatic heterocycles. The molecule has 0 saturated heterocycles. The number of benzene rings is 1. The molecule has 1 aromatic rings. The van der Waals surface area contributed by atoms with Gasteiger partial charge in [-0.25, -0.2) is 4.99 Å². The first-order valence-corrected chi connectivity index (χ1v) is 4.90. The molecule has 0 heterocycles. The Morgan fingerprint density at radius 3 is 2.59 bits per heavy atom. The number of nitrogens with two attached hydrogens (primary N) is 3. The lowest BCUT2D eigenvalue weighted by atomic mass is 10.3. The Kier molecular flexibility index (Phi) is 4.77. The van der Waals surface area contributed by atoms with Gasteiger partial charge < -0.3 is 27.0 Å². The molecule has 0 amide bonds. The Hall–Kier alpha value is -2.28. The summed E-state index contributed by atoms with van der Waals surface area (Å²) in [5, 5.41) is 8.68. The second kappa shape index (κ2) is 6.33. The van der Waals surface area contributed by atoms with Gasteiger partial charge >= 0.3 is 0 Å². The fourth-order valence-corrected chi connectivity index (χ4v) is 1.11. The van der Waals surface area contributed by atoms with Crippen molar-refractivity contribution in [2.24, 2.45) is 27.2 Å². The van der Waals surface area contributed by atoms with Crippen molar-refractivity contribution in [1.82, 2.24) is 0 Å². The molecule has 17 heavy (non-hydrogen) atoms. The summed E-state index contributed by atoms with van der Waals surface area (Å²) in [4.78, 5) is 7.58. The van der Waals surface area contributed by atoms with E-state index in [0.29, 0.717) is 11.4 Å². The molecular formula is C10H15N5O2. The SMILES string of the molecule is NC(N)=NC(N)=Nc1ccccc1OCCO. The van der Waals surface area contributed by atoms with E-state index in [-0.39, 0.29) is 25.1 Å². The molecule has 0 saturated carbocycles. The van der Waals surface area contributed by atoms with Crippen molar-refractivity contribution in [2.75, 3.05) is 13.2 Å². The first-order chi connectivity index (χ1) is 8.13. The van der Waals surface area contributed by atoms with Crippen LogP contribution in [0.1, 0.15) is 0 Å². The van der Waals surface area contributed by atoms with Gasteiger partial charge in [0.15, 0.2) is 5.96 Å². The third-order valence-corrected chi connectivity index (χ3v) is 1.69. The smallest absolute Gasteiger partial charge is 0.223 e. The van der Waals surface area contributed by atoms with Gasteiger partial charge in [0.1, 0.15) is 18.0 Å². The van der Waals surface area contributed by atoms with Crippen LogP contribution < -0.4 is 21.9 Å². The average molecular weight is 237 g/mol. The van der Waals surface area contributed by atoms with Gasteiger partial charge in [-0.05, 0) is 12.1 Å². The molecule has 92 valence electrons. The lowest BCUT2D eigenvalue weighted by Gasteiger charge is -2.06. The predicted octanol–water partition coefficient (Wildman–Crippen LogP) is -0.723. The zero-order valence-corrected chi connectivity index (χ0v) is 9.21. The van der Waals surface area contributed by atoms with Crippen LogP contribution in [0, 0.1) is 0 Å². The number of hydrogen-bond acceptors (Lipinski definition) is 3. The Morgan fingerprint density at radius 1 is 1.24 bits per heavy atom. The highest BCUT2D eigenvalue weighted by Gasteiger charge is 2.02. The Bertz CT molecular complexity index is 426. The number of aliphatic imine (C=N–C) groups is 2. The van der Waals surface area contributed by atoms with E-state index in [0.717, 1.165) is 0 Å². The molecule has 0 atom stereocenters. The van der Waals surface area contributed by atoms with Crippen LogP contribution in [0.15, 0.2) is 34.3 Å². The fourth-order valence-electron chi connectivity index (χ4n) is 1.11. The summed E-state index contributed by atoms with van der Waals surface area (Å²) in [5.41, 5.74) is 16.3. The second-order valence-corrected chi connectivity index (χ2v) is 3.05. The van der Waals surface area contributed by atoms with Gasteiger partial charge in [-0.15, -0.1) is 0 Å². The van der Waals surface area contributed by atoms with E-state index < -0.39 is 0 Å². The summed E-state index contributed by atoms with van der Waals surface area (Å²) in [6.45, 7) is 0.0934. The van der Waals surface area contributed by atoms with Crippen molar-refractivity contribution >= 4 is 17.6 Å². The fraction of sp³-hybridized carbons (Fsp3) is 0.200. The highest BCUT2D eigenvalue weighted by molar-refractivity contribution is 5.93. The summed E-state index contributed by atoms with van der Waals surface area (Å²) in [6, 6.07) is 6.95. The number of rotatable bonds is 4. The molecule has 0 aromatic heterocycles. The van der Waals surface area contributed by atoms with Crippen LogP contribution in [0.25, 0.3) is 0 Å². The van der Waals surface area contributed by atoms with E-state index >= 15 is 0 Å². The molecule has 0 spiro atoms. The molecule has 1 rings (SSSR count). The first kappa shape index (κ1) is 12.8. The van der Waals surface area contributed by atoms with Gasteiger partial charge in [0.2, 0.25) is 5.96 Å². The van der Waals surface area contributed by atoms with Gasteiger partial charge in [0.05, 0.1) is 6.61 Å². The zero-order valence-electron chi connectivity index (χ0n) is 9.21. The average Bonchev–Trinajstić information content (AvgIpc) is 2.26. The van der Waals surface area contributed by atoms with Crippen LogP contribution in [-0.4, -0.2) is 30.2 Å². The van der Waals surface area contributed by atoms with Crippen LogP contribution >= 0.6 is 0 Å². The lowest BCUT2D eigenvalue weighted by Crippen LogP contribution is -2.26. The monoisotopic (exact) mass is 237 g/mol. The van der Waals surface area contributed by atoms with Gasteiger partial charge in [-0.2, -0.15) is 4.99 Å². The third-order valence-electron chi connectivity index (χ3n) is 1.69. The number of nitrogens with zero attached hydrogens (tertiary/aromatic N) is 2. The van der Waals surface area contributed by atoms with Gasteiger partial charge in [0.25, 0.3) is 0 Å². The van der Waals surface area contributed by atoms with Crippen LogP contribution in [0.4, 0.5) is 5.69 Å². The first-order valence-electron chi connectivity index (χ1n) is 4.90. The molecule has 0 fully saturated rings. The van der Waals surface area contributed by atoms with E-state index in [1.807, 2.05) is 0 Å². The van der Waals surface area contributed by atoms with E-state index in [1.165, 1.54) is 0 Å². The number of aliphatic hydroxyl groups excluding tert-OH is 1. The quantitative estimate of drug-likeness (QED) is 0.405. The van der Waals surface area contributed by atoms with Crippen LogP contribution in [0.3, 0.4) is 0 Å². The summed E-state index contributed by atoms with van der Waals surface area (Å²) in [6.07, 6.45) is 0. The minimum Gasteiger partial charge on any atom is -0.489 e. The van der Waals surface area contributed by atoms with Crippen molar-refractivity contribution in [3.63, 3.8) is 0 Å². The van der Waals surface area contributed by atoms with Crippen molar-refractivity contribution in [3.8, 4) is 5.75 Å². The molecule has 7 heteroatoms. The van der Waals surface area contributed by atoms with Gasteiger partial charge in [0, 0.05) is 0 Å². The lowest BCUT2D eigenvalue weighted by molar-refractivity contribution is 0.202. The molecule has 0 radical (unpaired) electrons. The van der Waals surface area contributed by atoms with Crippen LogP contribution in [0.2, 0.25) is 0 Å². The Labute approximate surface area is 98.6 Å². The number of guanidine groups is 2. The minimum absolute atomic E-state index is 0.0648. The van der Waals surface area contributed by atoms with Crippen molar-refractivity contribution < 1.29 is 9.84 Å². The normalized spacial score (nSPS) is 11.0. The van der Waals surface area contributed by atoms with E-state index in [1.54, 1.807) is 24.3 Å². The molecule has 7 nitrogen and oxygen atoms in total. The maximum absolute atomic E-state index is 8.68. The molecule has 0 aliphatic carbocycles. The highest BCUT2D eigenvalue weighted by atomic mass is 16.5. The number of para-hydroxylation sites is 2. The molecule has 1 aromatic carbocycles. The minimum atomic E-state index is -0.167. The highest BCUT2D eigenvalue weighted by Crippen LogP contribution is 2.26. The number of ether oxygens (including phenoxy) is 1. The maximum Gasteiger partial charge on any atom is 0.223 e. The maximum atomic E-state index is 8.68. The zero-order chi connectivity index (χ0) is 12.7. The Balaban J connectivity index is 2.93. The summed E-state index contributed by atoms with van der Waals surface area (Å²) in [5.74, 6) is 0.264. The number of hydrogen-bond donors (Lipinski definition) is 4. The summed E-state index contributed by atoms with van der Waals surface area (Å²) < 4.78 is 5.27. The van der Waals surface area contributed by atoms with Gasteiger partial charge in [-0.3, -0.25) is 0 Å². The van der Waals surface area contributed by atoms with Crippen molar-refractivity contribution in [1.29, 1.82) is 0 Å². The largest absolute Gasteiger partial charge is 0.489 e. The van der Waals surface area contributed by atoms with Gasteiger partial charge in [-0.1, -0.05) is 12.1 Å². The van der Waals surface area contributed by atoms with Crippen LogP contribution in [0.5, 0.6) is 5.75 Å². The molecular weight excluding hydrogens is 222 g/mol.